The predicted octanol–water partition coefficient (Wildman–Crippen LogP) is 3.31. The SMILES string of the molecule is CNc1cc(C)nc(COc2cc(Br)ccc2F)n1. The van der Waals surface area contributed by atoms with Gasteiger partial charge in [-0.05, 0) is 25.1 Å². The largest absolute Gasteiger partial charge is 0.482 e. The van der Waals surface area contributed by atoms with E-state index >= 15 is 0 Å². The molecule has 0 saturated carbocycles. The van der Waals surface area contributed by atoms with Crippen LogP contribution in [0.3, 0.4) is 0 Å². The van der Waals surface area contributed by atoms with Gasteiger partial charge in [-0.15, -0.1) is 0 Å². The molecule has 0 atom stereocenters. The lowest BCUT2D eigenvalue weighted by molar-refractivity contribution is 0.280. The lowest BCUT2D eigenvalue weighted by atomic mass is 10.3. The molecule has 0 bridgehead atoms. The number of aryl methyl sites for hydroxylation is 1. The van der Waals surface area contributed by atoms with E-state index in [4.69, 9.17) is 4.74 Å². The highest BCUT2D eigenvalue weighted by Gasteiger charge is 2.07. The van der Waals surface area contributed by atoms with Gasteiger partial charge >= 0.3 is 0 Å². The summed E-state index contributed by atoms with van der Waals surface area (Å²) in [7, 11) is 1.78. The molecule has 6 heteroatoms. The monoisotopic (exact) mass is 325 g/mol. The van der Waals surface area contributed by atoms with E-state index in [1.165, 1.54) is 6.07 Å². The molecule has 1 aromatic heterocycles. The van der Waals surface area contributed by atoms with Gasteiger partial charge in [-0.1, -0.05) is 15.9 Å². The van der Waals surface area contributed by atoms with Crippen LogP contribution in [0.15, 0.2) is 28.7 Å². The van der Waals surface area contributed by atoms with E-state index in [0.29, 0.717) is 11.6 Å². The van der Waals surface area contributed by atoms with E-state index < -0.39 is 5.82 Å². The van der Waals surface area contributed by atoms with Crippen molar-refractivity contribution < 1.29 is 9.13 Å². The molecule has 0 aliphatic heterocycles. The summed E-state index contributed by atoms with van der Waals surface area (Å²) in [5.74, 6) is 0.972. The number of ether oxygens (including phenoxy) is 1. The number of nitrogens with zero attached hydrogens (tertiary/aromatic N) is 2. The van der Waals surface area contributed by atoms with Gasteiger partial charge < -0.3 is 10.1 Å². The van der Waals surface area contributed by atoms with Crippen molar-refractivity contribution in [3.05, 3.63) is 46.1 Å². The second-order valence-electron chi connectivity index (χ2n) is 3.92. The standard InChI is InChI=1S/C13H13BrFN3O/c1-8-5-12(16-2)18-13(17-8)7-19-11-6-9(14)3-4-10(11)15/h3-6H,7H2,1-2H3,(H,16,17,18). The molecule has 1 N–H and O–H groups in total. The Balaban J connectivity index is 2.14. The van der Waals surface area contributed by atoms with Gasteiger partial charge in [0.05, 0.1) is 0 Å². The van der Waals surface area contributed by atoms with Gasteiger partial charge in [0.15, 0.2) is 17.4 Å². The Kier molecular flexibility index (Phi) is 4.31. The molecule has 2 rings (SSSR count). The average Bonchev–Trinajstić information content (AvgIpc) is 2.39. The van der Waals surface area contributed by atoms with Gasteiger partial charge in [0.2, 0.25) is 0 Å². The number of hydrogen-bond donors (Lipinski definition) is 1. The van der Waals surface area contributed by atoms with E-state index in [1.807, 2.05) is 13.0 Å². The summed E-state index contributed by atoms with van der Waals surface area (Å²) in [4.78, 5) is 8.48. The molecule has 0 radical (unpaired) electrons. The number of hydrogen-bond acceptors (Lipinski definition) is 4. The topological polar surface area (TPSA) is 47.0 Å². The number of anilines is 1. The van der Waals surface area contributed by atoms with Crippen molar-refractivity contribution in [1.82, 2.24) is 9.97 Å². The van der Waals surface area contributed by atoms with Crippen LogP contribution in [0.1, 0.15) is 11.5 Å². The Bertz CT molecular complexity index is 592. The quantitative estimate of drug-likeness (QED) is 0.936. The van der Waals surface area contributed by atoms with Crippen molar-refractivity contribution >= 4 is 21.7 Å². The van der Waals surface area contributed by atoms with Crippen molar-refractivity contribution in [3.8, 4) is 5.75 Å². The second-order valence-corrected chi connectivity index (χ2v) is 4.84. The molecular formula is C13H13BrFN3O. The van der Waals surface area contributed by atoms with Crippen molar-refractivity contribution in [2.45, 2.75) is 13.5 Å². The summed E-state index contributed by atoms with van der Waals surface area (Å²) in [6.07, 6.45) is 0. The minimum atomic E-state index is -0.412. The zero-order chi connectivity index (χ0) is 13.8. The number of rotatable bonds is 4. The molecule has 0 fully saturated rings. The predicted molar refractivity (Wildman–Crippen MR) is 74.7 cm³/mol. The molecule has 0 spiro atoms. The van der Waals surface area contributed by atoms with E-state index in [0.717, 1.165) is 10.2 Å². The summed E-state index contributed by atoms with van der Waals surface area (Å²) in [5, 5.41) is 2.94. The van der Waals surface area contributed by atoms with Crippen LogP contribution in [0.25, 0.3) is 0 Å². The van der Waals surface area contributed by atoms with Crippen LogP contribution in [0.2, 0.25) is 0 Å². The Morgan fingerprint density at radius 2 is 2.11 bits per heavy atom. The van der Waals surface area contributed by atoms with E-state index in [-0.39, 0.29) is 12.4 Å². The van der Waals surface area contributed by atoms with Crippen molar-refractivity contribution in [2.75, 3.05) is 12.4 Å². The Hall–Kier alpha value is -1.69. The molecule has 0 saturated heterocycles. The number of aromatic nitrogens is 2. The van der Waals surface area contributed by atoms with Crippen LogP contribution in [-0.4, -0.2) is 17.0 Å². The lowest BCUT2D eigenvalue weighted by Crippen LogP contribution is -2.06. The molecule has 1 heterocycles. The van der Waals surface area contributed by atoms with Crippen molar-refractivity contribution in [1.29, 1.82) is 0 Å². The lowest BCUT2D eigenvalue weighted by Gasteiger charge is -2.08. The van der Waals surface area contributed by atoms with Crippen molar-refractivity contribution in [2.24, 2.45) is 0 Å². The minimum Gasteiger partial charge on any atom is -0.482 e. The summed E-state index contributed by atoms with van der Waals surface area (Å²) in [6.45, 7) is 1.98. The molecule has 1 aromatic carbocycles. The zero-order valence-electron chi connectivity index (χ0n) is 10.6. The van der Waals surface area contributed by atoms with Gasteiger partial charge in [0.1, 0.15) is 12.4 Å². The maximum atomic E-state index is 13.5. The maximum absolute atomic E-state index is 13.5. The third kappa shape index (κ3) is 3.64. The molecule has 2 aromatic rings. The first-order chi connectivity index (χ1) is 9.08. The summed E-state index contributed by atoms with van der Waals surface area (Å²) >= 11 is 3.27. The smallest absolute Gasteiger partial charge is 0.168 e. The van der Waals surface area contributed by atoms with E-state index in [9.17, 15) is 4.39 Å². The zero-order valence-corrected chi connectivity index (χ0v) is 12.2. The van der Waals surface area contributed by atoms with Gasteiger partial charge in [0, 0.05) is 23.3 Å². The highest BCUT2D eigenvalue weighted by molar-refractivity contribution is 9.10. The third-order valence-corrected chi connectivity index (χ3v) is 2.90. The van der Waals surface area contributed by atoms with E-state index in [2.05, 4.69) is 31.2 Å². The third-order valence-electron chi connectivity index (χ3n) is 2.41. The molecule has 19 heavy (non-hydrogen) atoms. The highest BCUT2D eigenvalue weighted by atomic mass is 79.9. The van der Waals surface area contributed by atoms with Crippen LogP contribution in [0.4, 0.5) is 10.2 Å². The van der Waals surface area contributed by atoms with Crippen LogP contribution < -0.4 is 10.1 Å². The summed E-state index contributed by atoms with van der Waals surface area (Å²) < 4.78 is 19.7. The molecule has 0 aliphatic carbocycles. The Labute approximate surface area is 119 Å². The van der Waals surface area contributed by atoms with Crippen molar-refractivity contribution in [3.63, 3.8) is 0 Å². The maximum Gasteiger partial charge on any atom is 0.168 e. The molecule has 0 amide bonds. The first-order valence-electron chi connectivity index (χ1n) is 5.68. The van der Waals surface area contributed by atoms with Gasteiger partial charge in [-0.2, -0.15) is 0 Å². The van der Waals surface area contributed by atoms with Crippen LogP contribution in [-0.2, 0) is 6.61 Å². The van der Waals surface area contributed by atoms with Crippen LogP contribution in [0.5, 0.6) is 5.75 Å². The minimum absolute atomic E-state index is 0.115. The molecule has 0 aliphatic rings. The average molecular weight is 326 g/mol. The normalized spacial score (nSPS) is 10.3. The number of halogens is 2. The Morgan fingerprint density at radius 3 is 2.84 bits per heavy atom. The van der Waals surface area contributed by atoms with Gasteiger partial charge in [0.25, 0.3) is 0 Å². The molecule has 4 nitrogen and oxygen atoms in total. The fourth-order valence-electron chi connectivity index (χ4n) is 1.55. The first kappa shape index (κ1) is 13.7. The molecule has 100 valence electrons. The van der Waals surface area contributed by atoms with E-state index in [1.54, 1.807) is 19.2 Å². The Morgan fingerprint density at radius 1 is 1.32 bits per heavy atom. The molecular weight excluding hydrogens is 313 g/mol. The number of benzene rings is 1. The first-order valence-corrected chi connectivity index (χ1v) is 6.48. The summed E-state index contributed by atoms with van der Waals surface area (Å²) in [5.41, 5.74) is 0.827. The fourth-order valence-corrected chi connectivity index (χ4v) is 1.89. The van der Waals surface area contributed by atoms with Gasteiger partial charge in [-0.3, -0.25) is 0 Å². The second kappa shape index (κ2) is 5.97. The van der Waals surface area contributed by atoms with Gasteiger partial charge in [-0.25, -0.2) is 14.4 Å². The van der Waals surface area contributed by atoms with Crippen LogP contribution in [0, 0.1) is 12.7 Å². The number of nitrogens with one attached hydrogen (secondary N) is 1. The summed E-state index contributed by atoms with van der Waals surface area (Å²) in [6, 6.07) is 6.35. The fraction of sp³-hybridized carbons (Fsp3) is 0.231. The highest BCUT2D eigenvalue weighted by Crippen LogP contribution is 2.22. The molecule has 0 unspecified atom stereocenters. The van der Waals surface area contributed by atoms with Crippen LogP contribution >= 0.6 is 15.9 Å².